The Labute approximate surface area is 191 Å². The van der Waals surface area contributed by atoms with Gasteiger partial charge in [-0.2, -0.15) is 0 Å². The van der Waals surface area contributed by atoms with Crippen molar-refractivity contribution < 1.29 is 28.4 Å². The molecule has 2 fully saturated rings. The first kappa shape index (κ1) is 22.8. The van der Waals surface area contributed by atoms with E-state index in [4.69, 9.17) is 9.52 Å². The molecule has 1 heterocycles. The number of carboxylic acids is 1. The third-order valence-corrected chi connectivity index (χ3v) is 7.41. The highest BCUT2D eigenvalue weighted by atomic mass is 32.2. The topological polar surface area (TPSA) is 137 Å². The van der Waals surface area contributed by atoms with E-state index < -0.39 is 33.6 Å². The van der Waals surface area contributed by atoms with Crippen LogP contribution in [0.25, 0.3) is 0 Å². The zero-order valence-electron chi connectivity index (χ0n) is 18.2. The highest BCUT2D eigenvalue weighted by Crippen LogP contribution is 2.59. The maximum absolute atomic E-state index is 12.6. The fourth-order valence-electron chi connectivity index (χ4n) is 4.27. The lowest BCUT2D eigenvalue weighted by atomic mass is 10.0. The van der Waals surface area contributed by atoms with Crippen molar-refractivity contribution in [1.82, 2.24) is 10.2 Å². The van der Waals surface area contributed by atoms with Gasteiger partial charge in [0.2, 0.25) is 5.91 Å². The van der Waals surface area contributed by atoms with Gasteiger partial charge in [-0.3, -0.25) is 9.59 Å². The summed E-state index contributed by atoms with van der Waals surface area (Å²) in [6.45, 7) is 1.71. The van der Waals surface area contributed by atoms with Gasteiger partial charge < -0.3 is 20.1 Å². The number of nitrogens with one attached hydrogen (secondary N) is 2. The van der Waals surface area contributed by atoms with Gasteiger partial charge in [0, 0.05) is 22.8 Å². The monoisotopic (exact) mass is 471 g/mol. The standard InChI is InChI=1S/C23H25N3O6S/c1-23-11-18(22(29)30)26(19(23)12-23)20(27)13-25-21(28)14-3-5-15(6-4-14)32-16-7-9-17(10-8-16)33(2,24)31/h3-10,18-19,24H,11-13H2,1-2H3,(H,25,28)(H,29,30)/t18-,19-,23+,33?/m0/s1. The molecule has 4 rings (SSSR count). The highest BCUT2D eigenvalue weighted by molar-refractivity contribution is 7.91. The number of carboxylic acid groups (broad SMARTS) is 1. The second-order valence-electron chi connectivity index (χ2n) is 8.86. The van der Waals surface area contributed by atoms with Crippen LogP contribution in [-0.2, 0) is 19.3 Å². The van der Waals surface area contributed by atoms with Crippen molar-refractivity contribution >= 4 is 27.5 Å². The number of likely N-dealkylation sites (tertiary alicyclic amines) is 1. The van der Waals surface area contributed by atoms with Gasteiger partial charge in [-0.15, -0.1) is 0 Å². The van der Waals surface area contributed by atoms with E-state index in [0.29, 0.717) is 28.4 Å². The number of hydrogen-bond donors (Lipinski definition) is 3. The first-order valence-corrected chi connectivity index (χ1v) is 12.4. The lowest BCUT2D eigenvalue weighted by Crippen LogP contribution is -2.47. The van der Waals surface area contributed by atoms with Gasteiger partial charge in [0.15, 0.2) is 0 Å². The van der Waals surface area contributed by atoms with E-state index in [-0.39, 0.29) is 18.0 Å². The molecule has 0 aromatic heterocycles. The maximum atomic E-state index is 12.6. The second-order valence-corrected chi connectivity index (χ2v) is 11.0. The molecule has 2 aromatic carbocycles. The molecule has 2 aliphatic rings. The summed E-state index contributed by atoms with van der Waals surface area (Å²) in [5.41, 5.74) is 0.202. The normalized spacial score (nSPS) is 25.0. The Morgan fingerprint density at radius 3 is 2.24 bits per heavy atom. The van der Waals surface area contributed by atoms with E-state index in [0.717, 1.165) is 6.42 Å². The number of carbonyl (C=O) groups excluding carboxylic acids is 2. The molecule has 9 nitrogen and oxygen atoms in total. The van der Waals surface area contributed by atoms with Crippen LogP contribution in [0.15, 0.2) is 53.4 Å². The van der Waals surface area contributed by atoms with Gasteiger partial charge in [0.05, 0.1) is 16.3 Å². The summed E-state index contributed by atoms with van der Waals surface area (Å²) in [4.78, 5) is 38.4. The molecular formula is C23H25N3O6S. The summed E-state index contributed by atoms with van der Waals surface area (Å²) in [5.74, 6) is -0.883. The smallest absolute Gasteiger partial charge is 0.326 e. The van der Waals surface area contributed by atoms with E-state index in [1.165, 1.54) is 11.2 Å². The maximum Gasteiger partial charge on any atom is 0.326 e. The first-order chi connectivity index (χ1) is 15.5. The van der Waals surface area contributed by atoms with Crippen molar-refractivity contribution in [3.63, 3.8) is 0 Å². The fraction of sp³-hybridized carbons (Fsp3) is 0.348. The average molecular weight is 472 g/mol. The van der Waals surface area contributed by atoms with Crippen molar-refractivity contribution in [2.24, 2.45) is 5.41 Å². The number of hydrogen-bond acceptors (Lipinski definition) is 6. The quantitative estimate of drug-likeness (QED) is 0.568. The number of carbonyl (C=O) groups is 3. The highest BCUT2D eigenvalue weighted by Gasteiger charge is 2.64. The number of amides is 2. The molecule has 3 N–H and O–H groups in total. The SMILES string of the molecule is C[C@@]12C[C@@H]1N(C(=O)CNC(=O)c1ccc(Oc3ccc(S(C)(=N)=O)cc3)cc1)[C@H](C(=O)O)C2. The molecule has 1 saturated carbocycles. The van der Waals surface area contributed by atoms with Crippen molar-refractivity contribution in [1.29, 1.82) is 4.78 Å². The summed E-state index contributed by atoms with van der Waals surface area (Å²) in [6, 6.07) is 11.8. The largest absolute Gasteiger partial charge is 0.480 e. The first-order valence-electron chi connectivity index (χ1n) is 10.4. The van der Waals surface area contributed by atoms with Gasteiger partial charge in [0.25, 0.3) is 5.91 Å². The predicted molar refractivity (Wildman–Crippen MR) is 120 cm³/mol. The minimum Gasteiger partial charge on any atom is -0.480 e. The predicted octanol–water partition coefficient (Wildman–Crippen LogP) is 2.71. The summed E-state index contributed by atoms with van der Waals surface area (Å²) in [7, 11) is -2.79. The van der Waals surface area contributed by atoms with Crippen LogP contribution in [0.5, 0.6) is 11.5 Å². The molecule has 1 saturated heterocycles. The zero-order valence-corrected chi connectivity index (χ0v) is 19.1. The van der Waals surface area contributed by atoms with Crippen LogP contribution in [0, 0.1) is 10.2 Å². The molecular weight excluding hydrogens is 446 g/mol. The van der Waals surface area contributed by atoms with Crippen molar-refractivity contribution in [2.45, 2.75) is 36.7 Å². The molecule has 0 radical (unpaired) electrons. The third-order valence-electron chi connectivity index (χ3n) is 6.23. The van der Waals surface area contributed by atoms with Crippen LogP contribution < -0.4 is 10.1 Å². The number of benzene rings is 2. The molecule has 1 aliphatic heterocycles. The third kappa shape index (κ3) is 4.70. The van der Waals surface area contributed by atoms with Crippen LogP contribution in [0.1, 0.15) is 30.1 Å². The Hall–Kier alpha value is -3.40. The summed E-state index contributed by atoms with van der Waals surface area (Å²) < 4.78 is 25.0. The van der Waals surface area contributed by atoms with E-state index in [1.807, 2.05) is 6.92 Å². The lowest BCUT2D eigenvalue weighted by Gasteiger charge is -2.24. The summed E-state index contributed by atoms with van der Waals surface area (Å²) in [6.07, 6.45) is 2.58. The molecule has 0 spiro atoms. The van der Waals surface area contributed by atoms with Crippen LogP contribution in [-0.4, -0.2) is 56.9 Å². The fourth-order valence-corrected chi connectivity index (χ4v) is 4.93. The van der Waals surface area contributed by atoms with E-state index in [1.54, 1.807) is 48.5 Å². The number of nitrogens with zero attached hydrogens (tertiary/aromatic N) is 1. The molecule has 1 aliphatic carbocycles. The van der Waals surface area contributed by atoms with Crippen LogP contribution >= 0.6 is 0 Å². The molecule has 0 bridgehead atoms. The van der Waals surface area contributed by atoms with E-state index in [2.05, 4.69) is 5.32 Å². The van der Waals surface area contributed by atoms with Gasteiger partial charge in [-0.25, -0.2) is 13.8 Å². The molecule has 4 atom stereocenters. The Morgan fingerprint density at radius 1 is 1.12 bits per heavy atom. The molecule has 2 amide bonds. The molecule has 174 valence electrons. The van der Waals surface area contributed by atoms with Gasteiger partial charge in [0.1, 0.15) is 17.5 Å². The van der Waals surface area contributed by atoms with E-state index >= 15 is 0 Å². The van der Waals surface area contributed by atoms with Crippen molar-refractivity contribution in [2.75, 3.05) is 12.8 Å². The summed E-state index contributed by atoms with van der Waals surface area (Å²) in [5, 5.41) is 12.0. The lowest BCUT2D eigenvalue weighted by molar-refractivity contribution is -0.149. The second kappa shape index (κ2) is 8.18. The number of fused-ring (bicyclic) bond motifs is 1. The molecule has 33 heavy (non-hydrogen) atoms. The minimum atomic E-state index is -2.79. The Bertz CT molecular complexity index is 1210. The van der Waals surface area contributed by atoms with Crippen molar-refractivity contribution in [3.05, 3.63) is 54.1 Å². The Balaban J connectivity index is 1.33. The molecule has 10 heteroatoms. The molecule has 1 unspecified atom stereocenters. The van der Waals surface area contributed by atoms with Crippen molar-refractivity contribution in [3.8, 4) is 11.5 Å². The zero-order chi connectivity index (χ0) is 24.0. The van der Waals surface area contributed by atoms with Gasteiger partial charge in [-0.1, -0.05) is 6.92 Å². The van der Waals surface area contributed by atoms with Crippen LogP contribution in [0.2, 0.25) is 0 Å². The number of aliphatic carboxylic acids is 1. The number of ether oxygens (including phenoxy) is 1. The van der Waals surface area contributed by atoms with Gasteiger partial charge >= 0.3 is 5.97 Å². The van der Waals surface area contributed by atoms with Crippen LogP contribution in [0.4, 0.5) is 0 Å². The van der Waals surface area contributed by atoms with E-state index in [9.17, 15) is 23.7 Å². The average Bonchev–Trinajstić information content (AvgIpc) is 3.32. The summed E-state index contributed by atoms with van der Waals surface area (Å²) >= 11 is 0. The number of piperidine rings is 1. The van der Waals surface area contributed by atoms with Gasteiger partial charge in [-0.05, 0) is 66.8 Å². The minimum absolute atomic E-state index is 0.0709. The Kier molecular flexibility index (Phi) is 5.65. The molecule has 2 aromatic rings. The van der Waals surface area contributed by atoms with Crippen LogP contribution in [0.3, 0.4) is 0 Å². The number of rotatable bonds is 7. The Morgan fingerprint density at radius 2 is 1.70 bits per heavy atom.